The lowest BCUT2D eigenvalue weighted by molar-refractivity contribution is 0.454. The molecule has 1 nitrogen and oxygen atoms in total. The van der Waals surface area contributed by atoms with Gasteiger partial charge in [-0.1, -0.05) is 182 Å². The van der Waals surface area contributed by atoms with Crippen molar-refractivity contribution < 1.29 is 0 Å². The molecule has 0 saturated heterocycles. The molecular formula is C54H39N. The van der Waals surface area contributed by atoms with Crippen LogP contribution in [0.3, 0.4) is 0 Å². The van der Waals surface area contributed by atoms with Crippen molar-refractivity contribution in [2.75, 3.05) is 4.90 Å². The monoisotopic (exact) mass is 701 g/mol. The Kier molecular flexibility index (Phi) is 7.19. The summed E-state index contributed by atoms with van der Waals surface area (Å²) in [5.74, 6) is 0.301. The Labute approximate surface area is 323 Å². The Morgan fingerprint density at radius 2 is 1.02 bits per heavy atom. The molecule has 0 aliphatic heterocycles. The van der Waals surface area contributed by atoms with Gasteiger partial charge in [-0.25, -0.2) is 0 Å². The van der Waals surface area contributed by atoms with Crippen LogP contribution in [0.2, 0.25) is 0 Å². The summed E-state index contributed by atoms with van der Waals surface area (Å²) in [5, 5.41) is 2.47. The van der Waals surface area contributed by atoms with E-state index in [0.717, 1.165) is 23.5 Å². The zero-order valence-electron chi connectivity index (χ0n) is 30.5. The summed E-state index contributed by atoms with van der Waals surface area (Å²) in [6.07, 6.45) is 8.03. The lowest BCUT2D eigenvalue weighted by atomic mass is 9.50. The highest BCUT2D eigenvalue weighted by atomic mass is 15.1. The van der Waals surface area contributed by atoms with Crippen LogP contribution in [0.1, 0.15) is 50.9 Å². The van der Waals surface area contributed by atoms with E-state index in [1.165, 1.54) is 60.9 Å². The number of allylic oxidation sites excluding steroid dienone is 4. The van der Waals surface area contributed by atoms with Gasteiger partial charge in [-0.2, -0.15) is 0 Å². The Bertz CT molecular complexity index is 2780. The summed E-state index contributed by atoms with van der Waals surface area (Å²) in [6, 6.07) is 74.7. The minimum atomic E-state index is -0.554. The number of para-hydroxylation sites is 1. The first-order chi connectivity index (χ1) is 27.3. The summed E-state index contributed by atoms with van der Waals surface area (Å²) in [5.41, 5.74) is 14.8. The maximum atomic E-state index is 2.44. The van der Waals surface area contributed by atoms with Gasteiger partial charge in [0, 0.05) is 23.0 Å². The van der Waals surface area contributed by atoms with Crippen LogP contribution < -0.4 is 4.90 Å². The van der Waals surface area contributed by atoms with Crippen molar-refractivity contribution >= 4 is 33.4 Å². The van der Waals surface area contributed by atoms with Crippen molar-refractivity contribution in [3.05, 3.63) is 263 Å². The molecule has 55 heavy (non-hydrogen) atoms. The van der Waals surface area contributed by atoms with E-state index in [4.69, 9.17) is 0 Å². The predicted molar refractivity (Wildman–Crippen MR) is 228 cm³/mol. The van der Waals surface area contributed by atoms with Gasteiger partial charge in [0.15, 0.2) is 0 Å². The molecule has 1 heteroatoms. The van der Waals surface area contributed by atoms with Crippen LogP contribution >= 0.6 is 0 Å². The van der Waals surface area contributed by atoms with Crippen LogP contribution in [0.15, 0.2) is 218 Å². The Morgan fingerprint density at radius 3 is 1.78 bits per heavy atom. The second kappa shape index (κ2) is 12.4. The molecule has 0 heterocycles. The quantitative estimate of drug-likeness (QED) is 0.167. The average molecular weight is 702 g/mol. The van der Waals surface area contributed by atoms with E-state index >= 15 is 0 Å². The van der Waals surface area contributed by atoms with Gasteiger partial charge in [0.05, 0.1) is 10.8 Å². The van der Waals surface area contributed by atoms with Gasteiger partial charge in [-0.05, 0) is 104 Å². The Morgan fingerprint density at radius 1 is 0.436 bits per heavy atom. The van der Waals surface area contributed by atoms with Crippen LogP contribution in [-0.2, 0) is 10.8 Å². The lowest BCUT2D eigenvalue weighted by Crippen LogP contribution is -2.46. The van der Waals surface area contributed by atoms with Crippen molar-refractivity contribution in [1.82, 2.24) is 0 Å². The van der Waals surface area contributed by atoms with E-state index in [2.05, 4.69) is 223 Å². The summed E-state index contributed by atoms with van der Waals surface area (Å²) in [6.45, 7) is 0. The summed E-state index contributed by atoms with van der Waals surface area (Å²) >= 11 is 0. The van der Waals surface area contributed by atoms with Gasteiger partial charge >= 0.3 is 0 Å². The molecule has 0 bridgehead atoms. The number of rotatable bonds is 6. The third kappa shape index (κ3) is 4.47. The molecule has 3 aliphatic carbocycles. The van der Waals surface area contributed by atoms with E-state index < -0.39 is 5.41 Å². The molecular weight excluding hydrogens is 663 g/mol. The molecule has 8 aromatic carbocycles. The first-order valence-electron chi connectivity index (χ1n) is 19.5. The number of anilines is 3. The predicted octanol–water partition coefficient (Wildman–Crippen LogP) is 13.3. The normalized spacial score (nSPS) is 20.3. The van der Waals surface area contributed by atoms with Crippen molar-refractivity contribution in [3.8, 4) is 0 Å². The molecule has 0 saturated carbocycles. The molecule has 3 unspecified atom stereocenters. The highest BCUT2D eigenvalue weighted by Crippen LogP contribution is 2.67. The fourth-order valence-corrected chi connectivity index (χ4v) is 10.5. The molecule has 8 aromatic rings. The van der Waals surface area contributed by atoms with Crippen LogP contribution in [-0.4, -0.2) is 0 Å². The Hall–Kier alpha value is -6.70. The molecule has 0 spiro atoms. The second-order valence-electron chi connectivity index (χ2n) is 15.2. The van der Waals surface area contributed by atoms with Gasteiger partial charge in [0.2, 0.25) is 0 Å². The third-order valence-electron chi connectivity index (χ3n) is 12.6. The summed E-state index contributed by atoms with van der Waals surface area (Å²) < 4.78 is 0. The number of fused-ring (bicyclic) bond motifs is 6. The molecule has 11 rings (SSSR count). The smallest absolute Gasteiger partial charge is 0.0708 e. The van der Waals surface area contributed by atoms with E-state index in [0.29, 0.717) is 5.92 Å². The van der Waals surface area contributed by atoms with E-state index in [-0.39, 0.29) is 5.41 Å². The van der Waals surface area contributed by atoms with E-state index in [1.807, 2.05) is 0 Å². The number of hydrogen-bond donors (Lipinski definition) is 0. The zero-order chi connectivity index (χ0) is 36.4. The molecule has 260 valence electrons. The standard InChI is InChI=1S/C54H39N/c1-4-19-40(20-5-1)53(42-32-35-44(36-33-42)55(43-23-8-3-9-24-43)45-34-31-38-17-10-11-18-39(38)37-45)49-28-14-15-29-50(49)54(41-21-6-2-7-22-41)48-27-13-12-25-46(48)47-26-16-30-51(53)52(47)54/h1-26,28-37,48H,27H2. The SMILES string of the molecule is C1=CCC2C(=C1)c1cccc3c1C2(c1ccccc1)c1ccccc1C3(c1ccccc1)c1ccc(N(c2ccccc2)c2ccc3ccccc3c2)cc1. The van der Waals surface area contributed by atoms with Gasteiger partial charge in [0.1, 0.15) is 0 Å². The molecule has 0 aromatic heterocycles. The van der Waals surface area contributed by atoms with Gasteiger partial charge < -0.3 is 4.90 Å². The molecule has 0 N–H and O–H groups in total. The summed E-state index contributed by atoms with van der Waals surface area (Å²) in [4.78, 5) is 2.38. The second-order valence-corrected chi connectivity index (χ2v) is 15.2. The van der Waals surface area contributed by atoms with Crippen LogP contribution in [0.4, 0.5) is 17.1 Å². The fourth-order valence-electron chi connectivity index (χ4n) is 10.5. The lowest BCUT2D eigenvalue weighted by Gasteiger charge is -2.51. The van der Waals surface area contributed by atoms with Crippen molar-refractivity contribution in [2.24, 2.45) is 5.92 Å². The summed E-state index contributed by atoms with van der Waals surface area (Å²) in [7, 11) is 0. The maximum Gasteiger partial charge on any atom is 0.0708 e. The van der Waals surface area contributed by atoms with Crippen molar-refractivity contribution in [2.45, 2.75) is 17.3 Å². The fraction of sp³-hybridized carbons (Fsp3) is 0.0741. The van der Waals surface area contributed by atoms with Gasteiger partial charge in [0.25, 0.3) is 0 Å². The van der Waals surface area contributed by atoms with E-state index in [1.54, 1.807) is 0 Å². The van der Waals surface area contributed by atoms with Crippen LogP contribution in [0.5, 0.6) is 0 Å². The molecule has 0 radical (unpaired) electrons. The first-order valence-corrected chi connectivity index (χ1v) is 19.5. The van der Waals surface area contributed by atoms with Crippen LogP contribution in [0.25, 0.3) is 16.3 Å². The topological polar surface area (TPSA) is 3.24 Å². The minimum Gasteiger partial charge on any atom is -0.310 e. The van der Waals surface area contributed by atoms with Gasteiger partial charge in [-0.15, -0.1) is 0 Å². The average Bonchev–Trinajstić information content (AvgIpc) is 3.57. The molecule has 0 fully saturated rings. The third-order valence-corrected chi connectivity index (χ3v) is 12.6. The number of benzene rings is 8. The van der Waals surface area contributed by atoms with E-state index in [9.17, 15) is 0 Å². The Balaban J connectivity index is 1.19. The van der Waals surface area contributed by atoms with Crippen molar-refractivity contribution in [1.29, 1.82) is 0 Å². The van der Waals surface area contributed by atoms with Crippen molar-refractivity contribution in [3.63, 3.8) is 0 Å². The first kappa shape index (κ1) is 31.8. The van der Waals surface area contributed by atoms with Crippen LogP contribution in [0, 0.1) is 5.92 Å². The zero-order valence-corrected chi connectivity index (χ0v) is 30.5. The minimum absolute atomic E-state index is 0.301. The number of nitrogens with zero attached hydrogens (tertiary/aromatic N) is 1. The largest absolute Gasteiger partial charge is 0.310 e. The highest BCUT2D eigenvalue weighted by Gasteiger charge is 2.60. The molecule has 0 amide bonds. The molecule has 3 atom stereocenters. The maximum absolute atomic E-state index is 2.44. The molecule has 3 aliphatic rings. The number of hydrogen-bond acceptors (Lipinski definition) is 1. The highest BCUT2D eigenvalue weighted by molar-refractivity contribution is 5.91. The van der Waals surface area contributed by atoms with Gasteiger partial charge in [-0.3, -0.25) is 0 Å².